The van der Waals surface area contributed by atoms with Crippen molar-refractivity contribution in [3.63, 3.8) is 0 Å². The average Bonchev–Trinajstić information content (AvgIpc) is 2.19. The predicted octanol–water partition coefficient (Wildman–Crippen LogP) is 1.27. The smallest absolute Gasteiger partial charge is 0.0771 e. The monoisotopic (exact) mass is 206 g/mol. The van der Waals surface area contributed by atoms with E-state index in [1.807, 2.05) is 24.3 Å². The molecule has 82 valence electrons. The molecule has 0 heterocycles. The van der Waals surface area contributed by atoms with Gasteiger partial charge in [0.15, 0.2) is 0 Å². The van der Waals surface area contributed by atoms with Crippen molar-refractivity contribution in [3.05, 3.63) is 29.8 Å². The SMILES string of the molecule is Nc1ccc(CNCC2(O)CCC2)cc1. The highest BCUT2D eigenvalue weighted by Gasteiger charge is 2.33. The summed E-state index contributed by atoms with van der Waals surface area (Å²) in [5.74, 6) is 0. The molecule has 0 aromatic heterocycles. The van der Waals surface area contributed by atoms with E-state index in [2.05, 4.69) is 5.32 Å². The number of anilines is 1. The maximum atomic E-state index is 9.85. The summed E-state index contributed by atoms with van der Waals surface area (Å²) in [6.45, 7) is 1.49. The van der Waals surface area contributed by atoms with Crippen molar-refractivity contribution in [3.8, 4) is 0 Å². The van der Waals surface area contributed by atoms with Gasteiger partial charge in [0.25, 0.3) is 0 Å². The van der Waals surface area contributed by atoms with Gasteiger partial charge in [0.05, 0.1) is 5.60 Å². The van der Waals surface area contributed by atoms with E-state index >= 15 is 0 Å². The van der Waals surface area contributed by atoms with Crippen molar-refractivity contribution in [1.29, 1.82) is 0 Å². The van der Waals surface area contributed by atoms with E-state index < -0.39 is 5.60 Å². The zero-order valence-electron chi connectivity index (χ0n) is 8.87. The van der Waals surface area contributed by atoms with Crippen LogP contribution in [-0.4, -0.2) is 17.3 Å². The normalized spacial score (nSPS) is 18.5. The molecule has 1 aliphatic carbocycles. The first-order valence-corrected chi connectivity index (χ1v) is 5.45. The van der Waals surface area contributed by atoms with Crippen LogP contribution in [0.4, 0.5) is 5.69 Å². The number of hydrogen-bond acceptors (Lipinski definition) is 3. The fraction of sp³-hybridized carbons (Fsp3) is 0.500. The molecule has 1 fully saturated rings. The van der Waals surface area contributed by atoms with E-state index in [-0.39, 0.29) is 0 Å². The van der Waals surface area contributed by atoms with Gasteiger partial charge in [-0.3, -0.25) is 0 Å². The fourth-order valence-corrected chi connectivity index (χ4v) is 1.84. The third-order valence-corrected chi connectivity index (χ3v) is 3.05. The summed E-state index contributed by atoms with van der Waals surface area (Å²) in [6.07, 6.45) is 3.02. The van der Waals surface area contributed by atoms with E-state index in [0.29, 0.717) is 6.54 Å². The standard InChI is InChI=1S/C12H18N2O/c13-11-4-2-10(3-5-11)8-14-9-12(15)6-1-7-12/h2-5,14-15H,1,6-9,13H2. The molecule has 1 aliphatic rings. The maximum absolute atomic E-state index is 9.85. The molecule has 3 heteroatoms. The Morgan fingerprint density at radius 2 is 1.93 bits per heavy atom. The number of rotatable bonds is 4. The minimum atomic E-state index is -0.437. The molecule has 0 radical (unpaired) electrons. The van der Waals surface area contributed by atoms with Gasteiger partial charge in [-0.25, -0.2) is 0 Å². The van der Waals surface area contributed by atoms with Crippen LogP contribution >= 0.6 is 0 Å². The summed E-state index contributed by atoms with van der Waals surface area (Å²) in [5.41, 5.74) is 7.15. The Morgan fingerprint density at radius 1 is 1.27 bits per heavy atom. The van der Waals surface area contributed by atoms with Crippen molar-refractivity contribution in [2.75, 3.05) is 12.3 Å². The lowest BCUT2D eigenvalue weighted by molar-refractivity contribution is -0.0314. The third kappa shape index (κ3) is 2.70. The van der Waals surface area contributed by atoms with Crippen LogP contribution in [0.3, 0.4) is 0 Å². The Hall–Kier alpha value is -1.06. The molecule has 0 unspecified atom stereocenters. The molecule has 0 spiro atoms. The summed E-state index contributed by atoms with van der Waals surface area (Å²) < 4.78 is 0. The first-order valence-electron chi connectivity index (χ1n) is 5.45. The number of nitrogens with two attached hydrogens (primary N) is 1. The Morgan fingerprint density at radius 3 is 2.47 bits per heavy atom. The molecular formula is C12H18N2O. The topological polar surface area (TPSA) is 58.3 Å². The molecule has 0 bridgehead atoms. The lowest BCUT2D eigenvalue weighted by Crippen LogP contribution is -2.45. The van der Waals surface area contributed by atoms with E-state index in [1.165, 1.54) is 5.56 Å². The molecule has 3 nitrogen and oxygen atoms in total. The van der Waals surface area contributed by atoms with E-state index in [9.17, 15) is 5.11 Å². The largest absolute Gasteiger partial charge is 0.399 e. The molecule has 0 aliphatic heterocycles. The summed E-state index contributed by atoms with van der Waals surface area (Å²) in [5, 5.41) is 13.1. The van der Waals surface area contributed by atoms with Gasteiger partial charge in [0.1, 0.15) is 0 Å². The van der Waals surface area contributed by atoms with E-state index in [1.54, 1.807) is 0 Å². The van der Waals surface area contributed by atoms with Crippen LogP contribution < -0.4 is 11.1 Å². The van der Waals surface area contributed by atoms with Crippen LogP contribution in [0.5, 0.6) is 0 Å². The molecule has 4 N–H and O–H groups in total. The minimum absolute atomic E-state index is 0.437. The van der Waals surface area contributed by atoms with Gasteiger partial charge in [0, 0.05) is 18.8 Å². The molecule has 1 saturated carbocycles. The number of nitrogens with one attached hydrogen (secondary N) is 1. The van der Waals surface area contributed by atoms with Gasteiger partial charge in [-0.1, -0.05) is 12.1 Å². The molecule has 1 aromatic carbocycles. The summed E-state index contributed by atoms with van der Waals surface area (Å²) in [6, 6.07) is 7.81. The lowest BCUT2D eigenvalue weighted by Gasteiger charge is -2.36. The third-order valence-electron chi connectivity index (χ3n) is 3.05. The van der Waals surface area contributed by atoms with Crippen LogP contribution in [0.2, 0.25) is 0 Å². The zero-order chi connectivity index (χ0) is 10.7. The first-order chi connectivity index (χ1) is 7.18. The maximum Gasteiger partial charge on any atom is 0.0771 e. The Kier molecular flexibility index (Phi) is 2.93. The molecule has 0 atom stereocenters. The van der Waals surface area contributed by atoms with Crippen LogP contribution in [-0.2, 0) is 6.54 Å². The quantitative estimate of drug-likeness (QED) is 0.650. The molecule has 2 rings (SSSR count). The van der Waals surface area contributed by atoms with Crippen LogP contribution in [0, 0.1) is 0 Å². The highest BCUT2D eigenvalue weighted by Crippen LogP contribution is 2.30. The summed E-state index contributed by atoms with van der Waals surface area (Å²) in [4.78, 5) is 0. The highest BCUT2D eigenvalue weighted by atomic mass is 16.3. The molecular weight excluding hydrogens is 188 g/mol. The second-order valence-corrected chi connectivity index (χ2v) is 4.42. The second-order valence-electron chi connectivity index (χ2n) is 4.42. The van der Waals surface area contributed by atoms with Crippen molar-refractivity contribution < 1.29 is 5.11 Å². The number of hydrogen-bond donors (Lipinski definition) is 3. The van der Waals surface area contributed by atoms with Crippen molar-refractivity contribution in [2.45, 2.75) is 31.4 Å². The molecule has 0 saturated heterocycles. The van der Waals surface area contributed by atoms with Crippen molar-refractivity contribution in [1.82, 2.24) is 5.32 Å². The Bertz CT molecular complexity index is 317. The van der Waals surface area contributed by atoms with Gasteiger partial charge in [0.2, 0.25) is 0 Å². The van der Waals surface area contributed by atoms with Crippen LogP contribution in [0.1, 0.15) is 24.8 Å². The van der Waals surface area contributed by atoms with Gasteiger partial charge in [-0.2, -0.15) is 0 Å². The van der Waals surface area contributed by atoms with Crippen LogP contribution in [0.25, 0.3) is 0 Å². The van der Waals surface area contributed by atoms with E-state index in [0.717, 1.165) is 31.5 Å². The van der Waals surface area contributed by atoms with Crippen molar-refractivity contribution in [2.24, 2.45) is 0 Å². The summed E-state index contributed by atoms with van der Waals surface area (Å²) in [7, 11) is 0. The van der Waals surface area contributed by atoms with Gasteiger partial charge >= 0.3 is 0 Å². The highest BCUT2D eigenvalue weighted by molar-refractivity contribution is 5.39. The number of nitrogen functional groups attached to an aromatic ring is 1. The molecule has 15 heavy (non-hydrogen) atoms. The summed E-state index contributed by atoms with van der Waals surface area (Å²) >= 11 is 0. The molecule has 1 aromatic rings. The van der Waals surface area contributed by atoms with E-state index in [4.69, 9.17) is 5.73 Å². The van der Waals surface area contributed by atoms with Gasteiger partial charge in [-0.15, -0.1) is 0 Å². The average molecular weight is 206 g/mol. The fourth-order valence-electron chi connectivity index (χ4n) is 1.84. The number of benzene rings is 1. The number of aliphatic hydroxyl groups is 1. The van der Waals surface area contributed by atoms with Gasteiger partial charge in [-0.05, 0) is 37.0 Å². The zero-order valence-corrected chi connectivity index (χ0v) is 8.87. The minimum Gasteiger partial charge on any atom is -0.399 e. The van der Waals surface area contributed by atoms with Crippen molar-refractivity contribution >= 4 is 5.69 Å². The van der Waals surface area contributed by atoms with Crippen LogP contribution in [0.15, 0.2) is 24.3 Å². The predicted molar refractivity (Wildman–Crippen MR) is 61.4 cm³/mol. The first kappa shape index (κ1) is 10.5. The molecule has 0 amide bonds. The Balaban J connectivity index is 1.76. The lowest BCUT2D eigenvalue weighted by atomic mass is 9.80. The Labute approximate surface area is 90.3 Å². The van der Waals surface area contributed by atoms with Gasteiger partial charge < -0.3 is 16.2 Å². The second kappa shape index (κ2) is 4.21.